The Bertz CT molecular complexity index is 507. The van der Waals surface area contributed by atoms with Gasteiger partial charge in [0.15, 0.2) is 0 Å². The van der Waals surface area contributed by atoms with Crippen molar-refractivity contribution in [1.29, 1.82) is 0 Å². The number of nitrogens with two attached hydrogens (primary N) is 1. The Kier molecular flexibility index (Phi) is 5.55. The van der Waals surface area contributed by atoms with Gasteiger partial charge in [0.1, 0.15) is 5.75 Å². The second kappa shape index (κ2) is 7.65. The molecule has 0 aliphatic rings. The Morgan fingerprint density at radius 2 is 2.00 bits per heavy atom. The lowest BCUT2D eigenvalue weighted by Crippen LogP contribution is -2.06. The molecule has 5 heteroatoms. The number of benzene rings is 1. The predicted octanol–water partition coefficient (Wildman–Crippen LogP) is 2.47. The van der Waals surface area contributed by atoms with Gasteiger partial charge in [-0.1, -0.05) is 12.1 Å². The van der Waals surface area contributed by atoms with Crippen LogP contribution < -0.4 is 10.5 Å². The molecule has 0 atom stereocenters. The fourth-order valence-corrected chi connectivity index (χ4v) is 1.99. The van der Waals surface area contributed by atoms with Gasteiger partial charge in [-0.05, 0) is 50.1 Å². The normalized spacial score (nSPS) is 10.7. The highest BCUT2D eigenvalue weighted by Crippen LogP contribution is 2.22. The summed E-state index contributed by atoms with van der Waals surface area (Å²) in [6, 6.07) is 8.07. The zero-order chi connectivity index (χ0) is 14.2. The first kappa shape index (κ1) is 14.5. The molecule has 1 aromatic heterocycles. The second-order valence-corrected chi connectivity index (χ2v) is 4.71. The van der Waals surface area contributed by atoms with Crippen molar-refractivity contribution in [3.63, 3.8) is 0 Å². The average molecular weight is 274 g/mol. The molecule has 0 aliphatic carbocycles. The van der Waals surface area contributed by atoms with Crippen molar-refractivity contribution in [1.82, 2.24) is 15.0 Å². The first-order valence-corrected chi connectivity index (χ1v) is 7.17. The fourth-order valence-electron chi connectivity index (χ4n) is 1.99. The van der Waals surface area contributed by atoms with E-state index in [-0.39, 0.29) is 0 Å². The van der Waals surface area contributed by atoms with Crippen LogP contribution in [0.3, 0.4) is 0 Å². The van der Waals surface area contributed by atoms with Gasteiger partial charge in [0.25, 0.3) is 0 Å². The summed E-state index contributed by atoms with van der Waals surface area (Å²) >= 11 is 0. The molecule has 0 bridgehead atoms. The number of aromatic nitrogens is 3. The van der Waals surface area contributed by atoms with Gasteiger partial charge in [0.05, 0.1) is 18.5 Å². The first-order chi connectivity index (χ1) is 9.85. The van der Waals surface area contributed by atoms with Crippen molar-refractivity contribution in [3.05, 3.63) is 30.5 Å². The average Bonchev–Trinajstić information content (AvgIpc) is 2.94. The molecule has 0 unspecified atom stereocenters. The van der Waals surface area contributed by atoms with Crippen LogP contribution in [-0.2, 0) is 6.54 Å². The topological polar surface area (TPSA) is 66.0 Å². The van der Waals surface area contributed by atoms with E-state index in [2.05, 4.69) is 17.2 Å². The van der Waals surface area contributed by atoms with Crippen LogP contribution in [0.4, 0.5) is 0 Å². The SMILES string of the molecule is CCCOc1ccc(-c2cnnn2CCCCN)cc1. The third-order valence-electron chi connectivity index (χ3n) is 3.06. The maximum Gasteiger partial charge on any atom is 0.119 e. The molecule has 20 heavy (non-hydrogen) atoms. The highest BCUT2D eigenvalue weighted by molar-refractivity contribution is 5.59. The molecule has 0 fully saturated rings. The van der Waals surface area contributed by atoms with Gasteiger partial charge in [0.2, 0.25) is 0 Å². The van der Waals surface area contributed by atoms with Crippen molar-refractivity contribution in [2.24, 2.45) is 5.73 Å². The zero-order valence-corrected chi connectivity index (χ0v) is 12.0. The predicted molar refractivity (Wildman–Crippen MR) is 79.5 cm³/mol. The van der Waals surface area contributed by atoms with E-state index >= 15 is 0 Å². The molecule has 2 N–H and O–H groups in total. The smallest absolute Gasteiger partial charge is 0.119 e. The van der Waals surface area contributed by atoms with Crippen LogP contribution in [0.1, 0.15) is 26.2 Å². The van der Waals surface area contributed by atoms with Gasteiger partial charge in [0, 0.05) is 12.1 Å². The molecule has 108 valence electrons. The Hall–Kier alpha value is -1.88. The molecular formula is C15H22N4O. The Balaban J connectivity index is 2.05. The second-order valence-electron chi connectivity index (χ2n) is 4.71. The van der Waals surface area contributed by atoms with Gasteiger partial charge in [-0.15, -0.1) is 5.10 Å². The van der Waals surface area contributed by atoms with Crippen LogP contribution in [0.25, 0.3) is 11.3 Å². The van der Waals surface area contributed by atoms with Gasteiger partial charge >= 0.3 is 0 Å². The van der Waals surface area contributed by atoms with E-state index in [1.54, 1.807) is 6.20 Å². The minimum Gasteiger partial charge on any atom is -0.494 e. The largest absolute Gasteiger partial charge is 0.494 e. The Morgan fingerprint density at radius 1 is 1.20 bits per heavy atom. The molecule has 0 radical (unpaired) electrons. The van der Waals surface area contributed by atoms with Gasteiger partial charge in [-0.3, -0.25) is 0 Å². The fraction of sp³-hybridized carbons (Fsp3) is 0.467. The quantitative estimate of drug-likeness (QED) is 0.751. The zero-order valence-electron chi connectivity index (χ0n) is 12.0. The number of hydrogen-bond acceptors (Lipinski definition) is 4. The lowest BCUT2D eigenvalue weighted by atomic mass is 10.1. The van der Waals surface area contributed by atoms with Gasteiger partial charge in [-0.25, -0.2) is 4.68 Å². The molecule has 5 nitrogen and oxygen atoms in total. The summed E-state index contributed by atoms with van der Waals surface area (Å²) in [6.07, 6.45) is 4.83. The molecule has 0 saturated heterocycles. The van der Waals surface area contributed by atoms with Crippen molar-refractivity contribution in [2.45, 2.75) is 32.7 Å². The summed E-state index contributed by atoms with van der Waals surface area (Å²) in [5.41, 5.74) is 7.65. The van der Waals surface area contributed by atoms with Crippen molar-refractivity contribution in [2.75, 3.05) is 13.2 Å². The van der Waals surface area contributed by atoms with E-state index in [1.807, 2.05) is 28.9 Å². The van der Waals surface area contributed by atoms with Crippen molar-refractivity contribution in [3.8, 4) is 17.0 Å². The van der Waals surface area contributed by atoms with Crippen LogP contribution in [0.5, 0.6) is 5.75 Å². The summed E-state index contributed by atoms with van der Waals surface area (Å²) in [4.78, 5) is 0. The molecule has 0 spiro atoms. The van der Waals surface area contributed by atoms with E-state index in [4.69, 9.17) is 10.5 Å². The van der Waals surface area contributed by atoms with Gasteiger partial charge in [-0.2, -0.15) is 0 Å². The summed E-state index contributed by atoms with van der Waals surface area (Å²) in [7, 11) is 0. The summed E-state index contributed by atoms with van der Waals surface area (Å²) in [6.45, 7) is 4.41. The Labute approximate surface area is 119 Å². The Morgan fingerprint density at radius 3 is 2.70 bits per heavy atom. The third-order valence-corrected chi connectivity index (χ3v) is 3.06. The lowest BCUT2D eigenvalue weighted by molar-refractivity contribution is 0.317. The van der Waals surface area contributed by atoms with Crippen LogP contribution >= 0.6 is 0 Å². The van der Waals surface area contributed by atoms with E-state index in [0.29, 0.717) is 6.54 Å². The molecule has 0 amide bonds. The molecule has 0 aliphatic heterocycles. The highest BCUT2D eigenvalue weighted by atomic mass is 16.5. The van der Waals surface area contributed by atoms with Crippen molar-refractivity contribution >= 4 is 0 Å². The molecule has 2 rings (SSSR count). The van der Waals surface area contributed by atoms with E-state index in [0.717, 1.165) is 49.4 Å². The van der Waals surface area contributed by atoms with Crippen LogP contribution in [0.15, 0.2) is 30.5 Å². The number of ether oxygens (including phenoxy) is 1. The number of aryl methyl sites for hydroxylation is 1. The van der Waals surface area contributed by atoms with E-state index in [9.17, 15) is 0 Å². The van der Waals surface area contributed by atoms with E-state index < -0.39 is 0 Å². The third kappa shape index (κ3) is 3.81. The number of nitrogens with zero attached hydrogens (tertiary/aromatic N) is 3. The highest BCUT2D eigenvalue weighted by Gasteiger charge is 2.06. The lowest BCUT2D eigenvalue weighted by Gasteiger charge is -2.08. The molecule has 1 heterocycles. The first-order valence-electron chi connectivity index (χ1n) is 7.17. The molecule has 2 aromatic rings. The summed E-state index contributed by atoms with van der Waals surface area (Å²) in [5.74, 6) is 0.901. The molecule has 1 aromatic carbocycles. The van der Waals surface area contributed by atoms with Crippen molar-refractivity contribution < 1.29 is 4.74 Å². The van der Waals surface area contributed by atoms with Crippen LogP contribution in [0, 0.1) is 0 Å². The van der Waals surface area contributed by atoms with Crippen LogP contribution in [-0.4, -0.2) is 28.1 Å². The molecule has 0 saturated carbocycles. The standard InChI is InChI=1S/C15H22N4O/c1-2-11-20-14-7-5-13(6-8-14)15-12-17-18-19(15)10-4-3-9-16/h5-8,12H,2-4,9-11,16H2,1H3. The summed E-state index contributed by atoms with van der Waals surface area (Å²) in [5, 5.41) is 8.13. The number of hydrogen-bond donors (Lipinski definition) is 1. The molecular weight excluding hydrogens is 252 g/mol. The monoisotopic (exact) mass is 274 g/mol. The van der Waals surface area contributed by atoms with Gasteiger partial charge < -0.3 is 10.5 Å². The minimum atomic E-state index is 0.716. The minimum absolute atomic E-state index is 0.716. The maximum atomic E-state index is 5.59. The number of unbranched alkanes of at least 4 members (excludes halogenated alkanes) is 1. The summed E-state index contributed by atoms with van der Waals surface area (Å²) < 4.78 is 7.51. The number of rotatable bonds is 8. The van der Waals surface area contributed by atoms with E-state index in [1.165, 1.54) is 0 Å². The maximum absolute atomic E-state index is 5.59. The van der Waals surface area contributed by atoms with Crippen LogP contribution in [0.2, 0.25) is 0 Å².